The van der Waals surface area contributed by atoms with Crippen molar-refractivity contribution in [3.8, 4) is 0 Å². The first kappa shape index (κ1) is 10.5. The van der Waals surface area contributed by atoms with E-state index in [0.29, 0.717) is 5.56 Å². The van der Waals surface area contributed by atoms with E-state index in [1.54, 1.807) is 30.3 Å². The molecule has 80 valence electrons. The van der Waals surface area contributed by atoms with E-state index in [-0.39, 0.29) is 12.2 Å². The molecule has 3 nitrogen and oxygen atoms in total. The lowest BCUT2D eigenvalue weighted by Gasteiger charge is -2.13. The number of carbonyl (C=O) groups excluding carboxylic acids is 3. The molecule has 0 N–H and O–H groups in total. The monoisotopic (exact) mass is 214 g/mol. The molecule has 1 aromatic rings. The van der Waals surface area contributed by atoms with Crippen LogP contribution in [-0.4, -0.2) is 17.3 Å². The summed E-state index contributed by atoms with van der Waals surface area (Å²) < 4.78 is 0. The second-order valence-corrected chi connectivity index (χ2v) is 3.64. The highest BCUT2D eigenvalue weighted by molar-refractivity contribution is 6.27. The zero-order valence-corrected chi connectivity index (χ0v) is 8.55. The molecule has 0 aliphatic heterocycles. The van der Waals surface area contributed by atoms with Crippen LogP contribution in [0.4, 0.5) is 0 Å². The second kappa shape index (κ2) is 4.23. The lowest BCUT2D eigenvalue weighted by Crippen LogP contribution is -2.32. The molecular formula is C13H10O3. The minimum atomic E-state index is -1.13. The van der Waals surface area contributed by atoms with Gasteiger partial charge >= 0.3 is 0 Å². The first-order valence-corrected chi connectivity index (χ1v) is 5.02. The highest BCUT2D eigenvalue weighted by Crippen LogP contribution is 2.17. The van der Waals surface area contributed by atoms with Crippen LogP contribution in [0.15, 0.2) is 42.5 Å². The van der Waals surface area contributed by atoms with Crippen LogP contribution in [0.1, 0.15) is 16.8 Å². The fourth-order valence-electron chi connectivity index (χ4n) is 1.71. The minimum absolute atomic E-state index is 0.162. The van der Waals surface area contributed by atoms with Crippen molar-refractivity contribution in [1.82, 2.24) is 0 Å². The molecule has 0 heterocycles. The Morgan fingerprint density at radius 3 is 2.44 bits per heavy atom. The van der Waals surface area contributed by atoms with E-state index in [1.807, 2.05) is 0 Å². The molecule has 0 radical (unpaired) electrons. The topological polar surface area (TPSA) is 51.2 Å². The van der Waals surface area contributed by atoms with E-state index in [1.165, 1.54) is 12.2 Å². The number of rotatable bonds is 2. The van der Waals surface area contributed by atoms with Gasteiger partial charge in [-0.1, -0.05) is 36.4 Å². The molecule has 0 fully saturated rings. The third-order valence-electron chi connectivity index (χ3n) is 2.53. The SMILES string of the molecule is O=C1C=CCC(=O)C1C(=O)c1ccccc1. The number of carbonyl (C=O) groups is 3. The second-order valence-electron chi connectivity index (χ2n) is 3.64. The minimum Gasteiger partial charge on any atom is -0.298 e. The fraction of sp³-hybridized carbons (Fsp3) is 0.154. The van der Waals surface area contributed by atoms with Gasteiger partial charge in [-0.05, 0) is 6.08 Å². The standard InChI is InChI=1S/C13H10O3/c14-10-7-4-8-11(15)12(10)13(16)9-5-2-1-3-6-9/h1-7,12H,8H2. The summed E-state index contributed by atoms with van der Waals surface area (Å²) in [6.07, 6.45) is 2.97. The number of Topliss-reactive ketones (excluding diaryl/α,β-unsaturated/α-hetero) is 2. The van der Waals surface area contributed by atoms with Crippen molar-refractivity contribution in [3.05, 3.63) is 48.0 Å². The number of allylic oxidation sites excluding steroid dienone is 2. The molecular weight excluding hydrogens is 204 g/mol. The molecule has 1 aliphatic rings. The highest BCUT2D eigenvalue weighted by atomic mass is 16.2. The Balaban J connectivity index is 2.32. The maximum Gasteiger partial charge on any atom is 0.181 e. The van der Waals surface area contributed by atoms with Gasteiger partial charge in [0.15, 0.2) is 17.3 Å². The average Bonchev–Trinajstić information content (AvgIpc) is 2.30. The van der Waals surface area contributed by atoms with Crippen molar-refractivity contribution < 1.29 is 14.4 Å². The predicted molar refractivity (Wildman–Crippen MR) is 58.0 cm³/mol. The van der Waals surface area contributed by atoms with Gasteiger partial charge < -0.3 is 0 Å². The summed E-state index contributed by atoms with van der Waals surface area (Å²) in [6, 6.07) is 8.42. The smallest absolute Gasteiger partial charge is 0.181 e. The normalized spacial score (nSPS) is 19.9. The molecule has 1 unspecified atom stereocenters. The molecule has 3 heteroatoms. The van der Waals surface area contributed by atoms with E-state index < -0.39 is 17.5 Å². The fourth-order valence-corrected chi connectivity index (χ4v) is 1.71. The van der Waals surface area contributed by atoms with Crippen molar-refractivity contribution in [2.45, 2.75) is 6.42 Å². The molecule has 2 rings (SSSR count). The van der Waals surface area contributed by atoms with Gasteiger partial charge in [-0.25, -0.2) is 0 Å². The van der Waals surface area contributed by atoms with E-state index >= 15 is 0 Å². The molecule has 0 saturated heterocycles. The Labute approximate surface area is 92.8 Å². The summed E-state index contributed by atoms with van der Waals surface area (Å²) in [4.78, 5) is 35.0. The molecule has 16 heavy (non-hydrogen) atoms. The Morgan fingerprint density at radius 1 is 1.12 bits per heavy atom. The van der Waals surface area contributed by atoms with Crippen molar-refractivity contribution in [1.29, 1.82) is 0 Å². The third-order valence-corrected chi connectivity index (χ3v) is 2.53. The van der Waals surface area contributed by atoms with Crippen LogP contribution in [0.5, 0.6) is 0 Å². The molecule has 0 saturated carbocycles. The zero-order chi connectivity index (χ0) is 11.5. The van der Waals surface area contributed by atoms with Gasteiger partial charge in [0.25, 0.3) is 0 Å². The number of ketones is 3. The molecule has 1 aliphatic carbocycles. The van der Waals surface area contributed by atoms with Crippen molar-refractivity contribution >= 4 is 17.3 Å². The van der Waals surface area contributed by atoms with Gasteiger partial charge in [0.2, 0.25) is 0 Å². The van der Waals surface area contributed by atoms with Crippen LogP contribution in [0.25, 0.3) is 0 Å². The summed E-state index contributed by atoms with van der Waals surface area (Å²) in [5.41, 5.74) is 0.407. The predicted octanol–water partition coefficient (Wildman–Crippen LogP) is 1.58. The highest BCUT2D eigenvalue weighted by Gasteiger charge is 2.33. The lowest BCUT2D eigenvalue weighted by molar-refractivity contribution is -0.128. The number of hydrogen-bond donors (Lipinski definition) is 0. The first-order valence-electron chi connectivity index (χ1n) is 5.02. The Bertz CT molecular complexity index is 471. The molecule has 0 bridgehead atoms. The summed E-state index contributed by atoms with van der Waals surface area (Å²) in [7, 11) is 0. The van der Waals surface area contributed by atoms with Crippen LogP contribution in [-0.2, 0) is 9.59 Å². The van der Waals surface area contributed by atoms with Gasteiger partial charge in [0.05, 0.1) is 0 Å². The van der Waals surface area contributed by atoms with Crippen LogP contribution in [0.3, 0.4) is 0 Å². The Kier molecular flexibility index (Phi) is 2.77. The zero-order valence-electron chi connectivity index (χ0n) is 8.55. The average molecular weight is 214 g/mol. The maximum absolute atomic E-state index is 11.9. The van der Waals surface area contributed by atoms with Crippen molar-refractivity contribution in [3.63, 3.8) is 0 Å². The lowest BCUT2D eigenvalue weighted by atomic mass is 9.85. The number of hydrogen-bond acceptors (Lipinski definition) is 3. The van der Waals surface area contributed by atoms with Crippen LogP contribution in [0.2, 0.25) is 0 Å². The van der Waals surface area contributed by atoms with Crippen LogP contribution < -0.4 is 0 Å². The Hall–Kier alpha value is -2.03. The quantitative estimate of drug-likeness (QED) is 0.554. The number of benzene rings is 1. The molecule has 0 aromatic heterocycles. The summed E-state index contributed by atoms with van der Waals surface area (Å²) in [5.74, 6) is -2.26. The third kappa shape index (κ3) is 1.84. The summed E-state index contributed by atoms with van der Waals surface area (Å²) in [5, 5.41) is 0. The van der Waals surface area contributed by atoms with Gasteiger partial charge in [-0.15, -0.1) is 0 Å². The maximum atomic E-state index is 11.9. The molecule has 0 amide bonds. The molecule has 1 atom stereocenters. The van der Waals surface area contributed by atoms with Gasteiger partial charge in [-0.2, -0.15) is 0 Å². The van der Waals surface area contributed by atoms with Gasteiger partial charge in [0.1, 0.15) is 5.92 Å². The van der Waals surface area contributed by atoms with Crippen LogP contribution in [0, 0.1) is 5.92 Å². The van der Waals surface area contributed by atoms with Gasteiger partial charge in [0, 0.05) is 12.0 Å². The van der Waals surface area contributed by atoms with E-state index in [2.05, 4.69) is 0 Å². The van der Waals surface area contributed by atoms with Crippen molar-refractivity contribution in [2.75, 3.05) is 0 Å². The first-order chi connectivity index (χ1) is 7.70. The van der Waals surface area contributed by atoms with E-state index in [9.17, 15) is 14.4 Å². The van der Waals surface area contributed by atoms with Gasteiger partial charge in [-0.3, -0.25) is 14.4 Å². The van der Waals surface area contributed by atoms with Crippen LogP contribution >= 0.6 is 0 Å². The molecule has 1 aromatic carbocycles. The van der Waals surface area contributed by atoms with Crippen molar-refractivity contribution in [2.24, 2.45) is 5.92 Å². The van der Waals surface area contributed by atoms with E-state index in [4.69, 9.17) is 0 Å². The summed E-state index contributed by atoms with van der Waals surface area (Å²) >= 11 is 0. The molecule has 0 spiro atoms. The summed E-state index contributed by atoms with van der Waals surface area (Å²) in [6.45, 7) is 0. The largest absolute Gasteiger partial charge is 0.298 e. The Morgan fingerprint density at radius 2 is 1.81 bits per heavy atom. The van der Waals surface area contributed by atoms with E-state index in [0.717, 1.165) is 0 Å².